The molecule has 4 nitrogen and oxygen atoms in total. The lowest BCUT2D eigenvalue weighted by atomic mass is 10.4. The second-order valence-electron chi connectivity index (χ2n) is 2.57. The van der Waals surface area contributed by atoms with Crippen LogP contribution in [0.1, 0.15) is 24.3 Å². The summed E-state index contributed by atoms with van der Waals surface area (Å²) in [5.74, 6) is -0.330. The van der Waals surface area contributed by atoms with E-state index < -0.39 is 0 Å². The minimum absolute atomic E-state index is 0.117. The normalized spacial score (nSPS) is 8.22. The third kappa shape index (κ3) is 6.32. The molecule has 2 aromatic heterocycles. The van der Waals surface area contributed by atoms with Crippen LogP contribution < -0.4 is 5.32 Å². The van der Waals surface area contributed by atoms with E-state index in [1.54, 1.807) is 11.3 Å². The highest BCUT2D eigenvalue weighted by molar-refractivity contribution is 7.07. The van der Waals surface area contributed by atoms with E-state index in [9.17, 15) is 4.79 Å². The van der Waals surface area contributed by atoms with Crippen molar-refractivity contribution in [2.45, 2.75) is 13.8 Å². The van der Waals surface area contributed by atoms with Crippen LogP contribution in [-0.4, -0.2) is 22.9 Å². The Morgan fingerprint density at radius 3 is 2.17 bits per heavy atom. The average Bonchev–Trinajstić information content (AvgIpc) is 3.00. The van der Waals surface area contributed by atoms with Gasteiger partial charge in [-0.15, -0.1) is 0 Å². The zero-order valence-corrected chi connectivity index (χ0v) is 12.1. The summed E-state index contributed by atoms with van der Waals surface area (Å²) < 4.78 is 0. The number of thiophene rings is 1. The first-order valence-electron chi connectivity index (χ1n) is 5.41. The van der Waals surface area contributed by atoms with Gasteiger partial charge in [0.25, 0.3) is 5.91 Å². The molecule has 0 saturated carbocycles. The number of hydrogen-bond acceptors (Lipinski definition) is 4. The van der Waals surface area contributed by atoms with Crippen molar-refractivity contribution < 1.29 is 4.79 Å². The Kier molecular flexibility index (Phi) is 9.81. The van der Waals surface area contributed by atoms with Gasteiger partial charge in [0.15, 0.2) is 10.8 Å². The van der Waals surface area contributed by atoms with Gasteiger partial charge in [0, 0.05) is 19.4 Å². The molecule has 0 saturated heterocycles. The maximum Gasteiger partial charge on any atom is 0.272 e. The largest absolute Gasteiger partial charge is 0.354 e. The van der Waals surface area contributed by atoms with Crippen LogP contribution in [0.4, 0.5) is 0 Å². The van der Waals surface area contributed by atoms with E-state index >= 15 is 0 Å². The zero-order chi connectivity index (χ0) is 13.8. The van der Waals surface area contributed by atoms with Crippen LogP contribution in [-0.2, 0) is 0 Å². The van der Waals surface area contributed by atoms with Gasteiger partial charge in [-0.2, -0.15) is 11.3 Å². The molecule has 1 N–H and O–H groups in total. The summed E-state index contributed by atoms with van der Waals surface area (Å²) in [5.41, 5.74) is 0.150. The average molecular weight is 286 g/mol. The minimum atomic E-state index is -0.330. The highest BCUT2D eigenvalue weighted by Crippen LogP contribution is 2.06. The number of carbonyl (C=O) groups is 1. The molecule has 0 radical (unpaired) electrons. The van der Waals surface area contributed by atoms with Gasteiger partial charge in [-0.05, 0) is 10.8 Å². The molecular weight excluding hydrogens is 270 g/mol. The Labute approximate surface area is 116 Å². The van der Waals surface area contributed by atoms with Crippen molar-refractivity contribution in [3.05, 3.63) is 46.1 Å². The van der Waals surface area contributed by atoms with Crippen LogP contribution in [0, 0.1) is 0 Å². The van der Waals surface area contributed by atoms with E-state index in [0.717, 1.165) is 0 Å². The molecule has 0 bridgehead atoms. The quantitative estimate of drug-likeness (QED) is 0.875. The van der Waals surface area contributed by atoms with Crippen molar-refractivity contribution in [3.8, 4) is 0 Å². The molecule has 2 rings (SSSR count). The molecule has 0 aliphatic rings. The Balaban J connectivity index is 0.000000343. The van der Waals surface area contributed by atoms with Gasteiger partial charge >= 0.3 is 0 Å². The molecule has 1 amide bonds. The molecule has 0 aliphatic carbocycles. The second-order valence-corrected chi connectivity index (χ2v) is 3.74. The summed E-state index contributed by atoms with van der Waals surface area (Å²) in [5, 5.41) is 6.60. The van der Waals surface area contributed by atoms with E-state index in [0.29, 0.717) is 0 Å². The molecule has 0 aromatic carbocycles. The van der Waals surface area contributed by atoms with Crippen molar-refractivity contribution in [3.63, 3.8) is 0 Å². The second kappa shape index (κ2) is 10.7. The lowest BCUT2D eigenvalue weighted by molar-refractivity contribution is 0.0958. The third-order valence-corrected chi connectivity index (χ3v) is 2.43. The first-order valence-corrected chi connectivity index (χ1v) is 6.73. The third-order valence-electron chi connectivity index (χ3n) is 1.52. The predicted octanol–water partition coefficient (Wildman–Crippen LogP) is 3.26. The van der Waals surface area contributed by atoms with E-state index in [2.05, 4.69) is 15.3 Å². The molecule has 18 heavy (non-hydrogen) atoms. The highest BCUT2D eigenvalue weighted by atomic mass is 35.5. The van der Waals surface area contributed by atoms with Gasteiger partial charge in [-0.3, -0.25) is 4.79 Å². The predicted molar refractivity (Wildman–Crippen MR) is 76.1 cm³/mol. The fourth-order valence-corrected chi connectivity index (χ4v) is 1.46. The van der Waals surface area contributed by atoms with Gasteiger partial charge in [-0.1, -0.05) is 37.6 Å². The van der Waals surface area contributed by atoms with Gasteiger partial charge in [0.2, 0.25) is 0 Å². The lowest BCUT2D eigenvalue weighted by Crippen LogP contribution is -2.19. The topological polar surface area (TPSA) is 54.9 Å². The van der Waals surface area contributed by atoms with Crippen LogP contribution in [0.2, 0.25) is 5.15 Å². The number of hydrogen-bond donors (Lipinski definition) is 1. The van der Waals surface area contributed by atoms with Gasteiger partial charge in [0.05, 0.1) is 0 Å². The number of nitrogens with one attached hydrogen (secondary N) is 1. The van der Waals surface area contributed by atoms with Crippen LogP contribution in [0.5, 0.6) is 0 Å². The van der Waals surface area contributed by atoms with Crippen LogP contribution >= 0.6 is 22.9 Å². The fourth-order valence-electron chi connectivity index (χ4n) is 0.819. The zero-order valence-electron chi connectivity index (χ0n) is 10.6. The van der Waals surface area contributed by atoms with Crippen molar-refractivity contribution in [1.29, 1.82) is 0 Å². The molecule has 6 heteroatoms. The summed E-state index contributed by atoms with van der Waals surface area (Å²) in [6, 6.07) is 4.04. The Bertz CT molecular complexity index is 417. The molecular formula is C12H16ClN3OS. The van der Waals surface area contributed by atoms with Crippen LogP contribution in [0.3, 0.4) is 0 Å². The van der Waals surface area contributed by atoms with Gasteiger partial charge < -0.3 is 5.32 Å². The van der Waals surface area contributed by atoms with Crippen molar-refractivity contribution in [2.75, 3.05) is 7.05 Å². The van der Waals surface area contributed by atoms with Crippen LogP contribution in [0.25, 0.3) is 0 Å². The Hall–Kier alpha value is -1.46. The maximum absolute atomic E-state index is 10.9. The SMILES string of the molecule is CC.CNC(=O)c1nccnc1Cl.c1ccsc1. The Morgan fingerprint density at radius 2 is 1.78 bits per heavy atom. The van der Waals surface area contributed by atoms with E-state index in [-0.39, 0.29) is 16.8 Å². The molecule has 0 unspecified atom stereocenters. The van der Waals surface area contributed by atoms with E-state index in [4.69, 9.17) is 11.6 Å². The summed E-state index contributed by atoms with van der Waals surface area (Å²) in [4.78, 5) is 18.4. The van der Waals surface area contributed by atoms with Crippen molar-refractivity contribution >= 4 is 28.8 Å². The molecule has 0 aliphatic heterocycles. The number of carbonyl (C=O) groups excluding carboxylic acids is 1. The van der Waals surface area contributed by atoms with E-state index in [1.807, 2.05) is 36.7 Å². The number of aromatic nitrogens is 2. The van der Waals surface area contributed by atoms with E-state index in [1.165, 1.54) is 19.4 Å². The molecule has 0 atom stereocenters. The first-order chi connectivity index (χ1) is 8.75. The standard InChI is InChI=1S/C6H6ClN3O.C4H4S.C2H6/c1-8-6(11)4-5(7)10-3-2-9-4;1-2-4-5-3-1;1-2/h2-3H,1H3,(H,8,11);1-4H;1-2H3. The first kappa shape index (κ1) is 16.5. The summed E-state index contributed by atoms with van der Waals surface area (Å²) in [7, 11) is 1.51. The van der Waals surface area contributed by atoms with Gasteiger partial charge in [-0.25, -0.2) is 9.97 Å². The van der Waals surface area contributed by atoms with Gasteiger partial charge in [0.1, 0.15) is 0 Å². The maximum atomic E-state index is 10.9. The molecule has 98 valence electrons. The lowest BCUT2D eigenvalue weighted by Gasteiger charge is -1.97. The van der Waals surface area contributed by atoms with Crippen molar-refractivity contribution in [2.24, 2.45) is 0 Å². The molecule has 2 heterocycles. The highest BCUT2D eigenvalue weighted by Gasteiger charge is 2.09. The monoisotopic (exact) mass is 285 g/mol. The summed E-state index contributed by atoms with van der Waals surface area (Å²) in [6.07, 6.45) is 2.84. The Morgan fingerprint density at radius 1 is 1.22 bits per heavy atom. The molecule has 0 fully saturated rings. The number of halogens is 1. The molecule has 2 aromatic rings. The molecule has 0 spiro atoms. The fraction of sp³-hybridized carbons (Fsp3) is 0.250. The van der Waals surface area contributed by atoms with Crippen molar-refractivity contribution in [1.82, 2.24) is 15.3 Å². The summed E-state index contributed by atoms with van der Waals surface area (Å²) >= 11 is 7.28. The number of amides is 1. The minimum Gasteiger partial charge on any atom is -0.354 e. The van der Waals surface area contributed by atoms with Crippen LogP contribution in [0.15, 0.2) is 35.3 Å². The summed E-state index contributed by atoms with van der Waals surface area (Å²) in [6.45, 7) is 4.00. The number of nitrogens with zero attached hydrogens (tertiary/aromatic N) is 2. The smallest absolute Gasteiger partial charge is 0.272 e. The number of rotatable bonds is 1.